The Hall–Kier alpha value is -1.02. The van der Waals surface area contributed by atoms with Crippen LogP contribution in [0.25, 0.3) is 0 Å². The molecule has 0 aliphatic heterocycles. The minimum atomic E-state index is -0.0432. The number of hydrogen-bond donors (Lipinski definition) is 0. The van der Waals surface area contributed by atoms with E-state index >= 15 is 0 Å². The molecule has 0 spiro atoms. The second-order valence-electron chi connectivity index (χ2n) is 4.08. The first-order valence-corrected chi connectivity index (χ1v) is 5.86. The fourth-order valence-corrected chi connectivity index (χ4v) is 1.70. The average Bonchev–Trinajstić information content (AvgIpc) is 2.23. The summed E-state index contributed by atoms with van der Waals surface area (Å²) in [7, 11) is 0. The number of alkyl halides is 1. The summed E-state index contributed by atoms with van der Waals surface area (Å²) in [5, 5.41) is 0. The summed E-state index contributed by atoms with van der Waals surface area (Å²) in [5.74, 6) is 0.807. The molecule has 2 nitrogen and oxygen atoms in total. The van der Waals surface area contributed by atoms with Crippen molar-refractivity contribution >= 4 is 17.4 Å². The lowest BCUT2D eigenvalue weighted by molar-refractivity contribution is 0.102. The fourth-order valence-electron chi connectivity index (χ4n) is 1.55. The van der Waals surface area contributed by atoms with Crippen LogP contribution in [-0.2, 0) is 0 Å². The second-order valence-corrected chi connectivity index (χ2v) is 4.35. The summed E-state index contributed by atoms with van der Waals surface area (Å²) in [6, 6.07) is 3.62. The van der Waals surface area contributed by atoms with E-state index in [1.165, 1.54) is 0 Å². The van der Waals surface area contributed by atoms with Gasteiger partial charge in [0, 0.05) is 5.56 Å². The highest BCUT2D eigenvalue weighted by Gasteiger charge is 2.13. The molecule has 0 atom stereocenters. The van der Waals surface area contributed by atoms with Crippen LogP contribution in [0.5, 0.6) is 5.75 Å². The molecule has 0 saturated heterocycles. The van der Waals surface area contributed by atoms with Crippen LogP contribution in [0.15, 0.2) is 12.1 Å². The number of rotatable bonds is 4. The lowest BCUT2D eigenvalue weighted by atomic mass is 10.00. The molecule has 0 bridgehead atoms. The maximum atomic E-state index is 11.5. The molecule has 0 aliphatic rings. The van der Waals surface area contributed by atoms with Crippen molar-refractivity contribution in [1.82, 2.24) is 0 Å². The molecule has 1 aromatic carbocycles. The van der Waals surface area contributed by atoms with Gasteiger partial charge < -0.3 is 4.74 Å². The molecular weight excluding hydrogens is 224 g/mol. The van der Waals surface area contributed by atoms with Crippen LogP contribution in [0.3, 0.4) is 0 Å². The van der Waals surface area contributed by atoms with Gasteiger partial charge in [0.2, 0.25) is 0 Å². The van der Waals surface area contributed by atoms with Crippen LogP contribution in [0.2, 0.25) is 0 Å². The molecule has 1 rings (SSSR count). The molecule has 0 aromatic heterocycles. The monoisotopic (exact) mass is 240 g/mol. The van der Waals surface area contributed by atoms with Crippen molar-refractivity contribution in [2.75, 3.05) is 5.88 Å². The van der Waals surface area contributed by atoms with Crippen molar-refractivity contribution in [1.29, 1.82) is 0 Å². The summed E-state index contributed by atoms with van der Waals surface area (Å²) in [6.45, 7) is 7.83. The van der Waals surface area contributed by atoms with E-state index in [1.807, 2.05) is 33.8 Å². The Morgan fingerprint density at radius 1 is 1.31 bits per heavy atom. The summed E-state index contributed by atoms with van der Waals surface area (Å²) in [5.41, 5.74) is 2.64. The molecule has 1 aromatic rings. The standard InChI is InChI=1S/C13H17ClO2/c1-8(2)16-13-6-5-11(12(15)7-14)9(3)10(13)4/h5-6,8H,7H2,1-4H3. The smallest absolute Gasteiger partial charge is 0.177 e. The molecule has 0 fully saturated rings. The Bertz CT molecular complexity index is 397. The highest BCUT2D eigenvalue weighted by molar-refractivity contribution is 6.30. The van der Waals surface area contributed by atoms with Crippen molar-refractivity contribution in [3.05, 3.63) is 28.8 Å². The minimum absolute atomic E-state index is 0.0185. The molecule has 0 amide bonds. The lowest BCUT2D eigenvalue weighted by Crippen LogP contribution is -2.09. The van der Waals surface area contributed by atoms with Gasteiger partial charge in [0.1, 0.15) is 5.75 Å². The SMILES string of the molecule is Cc1c(OC(C)C)ccc(C(=O)CCl)c1C. The number of carbonyl (C=O) groups is 1. The molecular formula is C13H17ClO2. The van der Waals surface area contributed by atoms with E-state index in [9.17, 15) is 4.79 Å². The Labute approximate surface area is 102 Å². The van der Waals surface area contributed by atoms with Crippen molar-refractivity contribution < 1.29 is 9.53 Å². The van der Waals surface area contributed by atoms with Crippen molar-refractivity contribution in [3.63, 3.8) is 0 Å². The quantitative estimate of drug-likeness (QED) is 0.595. The minimum Gasteiger partial charge on any atom is -0.491 e. The number of Topliss-reactive ketones (excluding diaryl/α,β-unsaturated/α-hetero) is 1. The summed E-state index contributed by atoms with van der Waals surface area (Å²) >= 11 is 5.55. The Balaban J connectivity index is 3.13. The number of halogens is 1. The topological polar surface area (TPSA) is 26.3 Å². The predicted molar refractivity (Wildman–Crippen MR) is 66.7 cm³/mol. The maximum absolute atomic E-state index is 11.5. The van der Waals surface area contributed by atoms with E-state index in [1.54, 1.807) is 6.07 Å². The summed E-state index contributed by atoms with van der Waals surface area (Å²) < 4.78 is 5.65. The van der Waals surface area contributed by atoms with E-state index < -0.39 is 0 Å². The maximum Gasteiger partial charge on any atom is 0.177 e. The van der Waals surface area contributed by atoms with Crippen LogP contribution in [-0.4, -0.2) is 17.8 Å². The number of benzene rings is 1. The van der Waals surface area contributed by atoms with E-state index in [0.29, 0.717) is 5.56 Å². The van der Waals surface area contributed by atoms with Gasteiger partial charge >= 0.3 is 0 Å². The molecule has 0 aliphatic carbocycles. The zero-order valence-corrected chi connectivity index (χ0v) is 10.9. The van der Waals surface area contributed by atoms with Crippen LogP contribution >= 0.6 is 11.6 Å². The first-order chi connectivity index (χ1) is 7.47. The third-order valence-corrected chi connectivity index (χ3v) is 2.76. The first-order valence-electron chi connectivity index (χ1n) is 5.33. The summed E-state index contributed by atoms with van der Waals surface area (Å²) in [6.07, 6.45) is 0.132. The highest BCUT2D eigenvalue weighted by atomic mass is 35.5. The van der Waals surface area contributed by atoms with Crippen LogP contribution in [0.1, 0.15) is 35.3 Å². The zero-order chi connectivity index (χ0) is 12.3. The molecule has 88 valence electrons. The van der Waals surface area contributed by atoms with E-state index in [-0.39, 0.29) is 17.8 Å². The normalized spacial score (nSPS) is 10.6. The van der Waals surface area contributed by atoms with Gasteiger partial charge in [0.25, 0.3) is 0 Å². The average molecular weight is 241 g/mol. The van der Waals surface area contributed by atoms with Crippen LogP contribution < -0.4 is 4.74 Å². The van der Waals surface area contributed by atoms with Crippen LogP contribution in [0.4, 0.5) is 0 Å². The second kappa shape index (κ2) is 5.35. The van der Waals surface area contributed by atoms with Crippen molar-refractivity contribution in [2.24, 2.45) is 0 Å². The fraction of sp³-hybridized carbons (Fsp3) is 0.462. The Morgan fingerprint density at radius 3 is 2.44 bits per heavy atom. The van der Waals surface area contributed by atoms with Crippen LogP contribution in [0, 0.1) is 13.8 Å². The van der Waals surface area contributed by atoms with Gasteiger partial charge in [-0.2, -0.15) is 0 Å². The van der Waals surface area contributed by atoms with Gasteiger partial charge in [-0.3, -0.25) is 4.79 Å². The molecule has 0 heterocycles. The van der Waals surface area contributed by atoms with E-state index in [4.69, 9.17) is 16.3 Å². The third-order valence-electron chi connectivity index (χ3n) is 2.52. The summed E-state index contributed by atoms with van der Waals surface area (Å²) in [4.78, 5) is 11.5. The number of ether oxygens (including phenoxy) is 1. The van der Waals surface area contributed by atoms with E-state index in [2.05, 4.69) is 0 Å². The van der Waals surface area contributed by atoms with Gasteiger partial charge in [-0.1, -0.05) is 0 Å². The van der Waals surface area contributed by atoms with Gasteiger partial charge in [0.05, 0.1) is 12.0 Å². The third kappa shape index (κ3) is 2.76. The number of carbonyl (C=O) groups excluding carboxylic acids is 1. The zero-order valence-electron chi connectivity index (χ0n) is 10.1. The van der Waals surface area contributed by atoms with Gasteiger partial charge in [-0.05, 0) is 51.0 Å². The highest BCUT2D eigenvalue weighted by Crippen LogP contribution is 2.25. The van der Waals surface area contributed by atoms with Crippen molar-refractivity contribution in [2.45, 2.75) is 33.8 Å². The molecule has 0 radical (unpaired) electrons. The van der Waals surface area contributed by atoms with Gasteiger partial charge in [0.15, 0.2) is 5.78 Å². The van der Waals surface area contributed by atoms with Crippen molar-refractivity contribution in [3.8, 4) is 5.75 Å². The molecule has 0 N–H and O–H groups in total. The Kier molecular flexibility index (Phi) is 4.36. The molecule has 0 saturated carbocycles. The predicted octanol–water partition coefficient (Wildman–Crippen LogP) is 3.51. The Morgan fingerprint density at radius 2 is 1.94 bits per heavy atom. The number of hydrogen-bond acceptors (Lipinski definition) is 2. The first kappa shape index (κ1) is 13.0. The molecule has 3 heteroatoms. The largest absolute Gasteiger partial charge is 0.491 e. The van der Waals surface area contributed by atoms with Gasteiger partial charge in [-0.25, -0.2) is 0 Å². The number of ketones is 1. The van der Waals surface area contributed by atoms with Gasteiger partial charge in [-0.15, -0.1) is 11.6 Å². The lowest BCUT2D eigenvalue weighted by Gasteiger charge is -2.15. The van der Waals surface area contributed by atoms with E-state index in [0.717, 1.165) is 16.9 Å². The molecule has 16 heavy (non-hydrogen) atoms. The molecule has 0 unspecified atom stereocenters.